The van der Waals surface area contributed by atoms with Crippen LogP contribution in [0.15, 0.2) is 67.1 Å². The van der Waals surface area contributed by atoms with Crippen LogP contribution in [0.5, 0.6) is 0 Å². The number of rotatable bonds is 5. The van der Waals surface area contributed by atoms with Gasteiger partial charge in [-0.2, -0.15) is 0 Å². The maximum Gasteiger partial charge on any atom is 0.358 e. The van der Waals surface area contributed by atoms with Gasteiger partial charge in [0.05, 0.1) is 12.5 Å². The maximum absolute atomic E-state index is 13.2. The predicted molar refractivity (Wildman–Crippen MR) is 104 cm³/mol. The number of carbonyl (C=O) groups is 2. The Kier molecular flexibility index (Phi) is 5.37. The van der Waals surface area contributed by atoms with E-state index in [9.17, 15) is 14.0 Å². The monoisotopic (exact) mass is 393 g/mol. The number of amides is 1. The third kappa shape index (κ3) is 4.03. The third-order valence-electron chi connectivity index (χ3n) is 4.92. The molecule has 148 valence electrons. The highest BCUT2D eigenvalue weighted by atomic mass is 19.1. The van der Waals surface area contributed by atoms with Gasteiger partial charge in [0.15, 0.2) is 5.69 Å². The fourth-order valence-electron chi connectivity index (χ4n) is 3.41. The summed E-state index contributed by atoms with van der Waals surface area (Å²) in [5.41, 5.74) is 1.34. The number of hydrogen-bond acceptors (Lipinski definition) is 4. The Bertz CT molecular complexity index is 996. The molecular weight excluding hydrogens is 373 g/mol. The minimum atomic E-state index is -1.03. The van der Waals surface area contributed by atoms with Crippen molar-refractivity contribution >= 4 is 11.9 Å². The number of ether oxygens (including phenoxy) is 1. The van der Waals surface area contributed by atoms with Crippen LogP contribution in [-0.4, -0.2) is 39.4 Å². The Labute approximate surface area is 167 Å². The largest absolute Gasteiger partial charge is 0.443 e. The molecular formula is C22H20FN3O3. The second kappa shape index (κ2) is 8.26. The number of esters is 1. The predicted octanol–water partition coefficient (Wildman–Crippen LogP) is 3.53. The molecule has 0 N–H and O–H groups in total. The lowest BCUT2D eigenvalue weighted by atomic mass is 10.1. The van der Waals surface area contributed by atoms with E-state index in [0.29, 0.717) is 24.3 Å². The molecule has 4 rings (SSSR count). The molecule has 1 aliphatic heterocycles. The Morgan fingerprint density at radius 3 is 2.38 bits per heavy atom. The number of halogens is 1. The highest BCUT2D eigenvalue weighted by Crippen LogP contribution is 2.24. The van der Waals surface area contributed by atoms with Crippen LogP contribution in [0.3, 0.4) is 0 Å². The van der Waals surface area contributed by atoms with Gasteiger partial charge in [0.2, 0.25) is 6.10 Å². The van der Waals surface area contributed by atoms with Crippen LogP contribution in [0.1, 0.15) is 35.0 Å². The Balaban J connectivity index is 1.61. The smallest absolute Gasteiger partial charge is 0.358 e. The molecule has 1 atom stereocenters. The van der Waals surface area contributed by atoms with Gasteiger partial charge in [-0.05, 0) is 37.1 Å². The first kappa shape index (κ1) is 18.9. The summed E-state index contributed by atoms with van der Waals surface area (Å²) in [5.74, 6) is -1.28. The van der Waals surface area contributed by atoms with Crippen molar-refractivity contribution < 1.29 is 18.7 Å². The van der Waals surface area contributed by atoms with Crippen LogP contribution < -0.4 is 0 Å². The Hall–Kier alpha value is -3.48. The zero-order chi connectivity index (χ0) is 20.2. The fourth-order valence-corrected chi connectivity index (χ4v) is 3.41. The third-order valence-corrected chi connectivity index (χ3v) is 4.92. The van der Waals surface area contributed by atoms with E-state index in [4.69, 9.17) is 4.74 Å². The molecule has 1 fully saturated rings. The van der Waals surface area contributed by atoms with Gasteiger partial charge in [0, 0.05) is 24.3 Å². The quantitative estimate of drug-likeness (QED) is 0.622. The summed E-state index contributed by atoms with van der Waals surface area (Å²) in [5, 5.41) is 0. The van der Waals surface area contributed by atoms with Crippen molar-refractivity contribution in [2.24, 2.45) is 0 Å². The Morgan fingerprint density at radius 2 is 1.69 bits per heavy atom. The van der Waals surface area contributed by atoms with Crippen molar-refractivity contribution in [2.45, 2.75) is 18.9 Å². The van der Waals surface area contributed by atoms with Gasteiger partial charge >= 0.3 is 5.97 Å². The molecule has 29 heavy (non-hydrogen) atoms. The summed E-state index contributed by atoms with van der Waals surface area (Å²) in [6.45, 7) is 1.32. The number of benzene rings is 2. The minimum absolute atomic E-state index is 0.159. The van der Waals surface area contributed by atoms with Crippen molar-refractivity contribution in [1.29, 1.82) is 0 Å². The molecule has 1 amide bonds. The number of nitrogens with zero attached hydrogens (tertiary/aromatic N) is 3. The van der Waals surface area contributed by atoms with Crippen molar-refractivity contribution in [3.8, 4) is 5.69 Å². The van der Waals surface area contributed by atoms with Crippen LogP contribution in [0.2, 0.25) is 0 Å². The lowest BCUT2D eigenvalue weighted by Crippen LogP contribution is -2.35. The summed E-state index contributed by atoms with van der Waals surface area (Å²) in [7, 11) is 0. The van der Waals surface area contributed by atoms with E-state index in [1.165, 1.54) is 41.4 Å². The molecule has 0 saturated carbocycles. The standard InChI is InChI=1S/C22H20FN3O3/c23-17-8-10-18(11-9-17)26-15-24-14-19(26)22(28)29-20(16-6-2-1-3-7-16)21(27)25-12-4-5-13-25/h1-3,6-11,14-15,20H,4-5,12-13H2/t20-/m0/s1. The number of hydrogen-bond donors (Lipinski definition) is 0. The van der Waals surface area contributed by atoms with Crippen molar-refractivity contribution in [1.82, 2.24) is 14.5 Å². The van der Waals surface area contributed by atoms with E-state index in [2.05, 4.69) is 4.98 Å². The molecule has 0 spiro atoms. The summed E-state index contributed by atoms with van der Waals surface area (Å²) in [6, 6.07) is 14.7. The molecule has 0 unspecified atom stereocenters. The van der Waals surface area contributed by atoms with Gasteiger partial charge in [-0.1, -0.05) is 30.3 Å². The molecule has 7 heteroatoms. The van der Waals surface area contributed by atoms with E-state index in [1.807, 2.05) is 6.07 Å². The average molecular weight is 393 g/mol. The van der Waals surface area contributed by atoms with Crippen molar-refractivity contribution in [3.63, 3.8) is 0 Å². The molecule has 6 nitrogen and oxygen atoms in total. The van der Waals surface area contributed by atoms with Crippen LogP contribution in [-0.2, 0) is 9.53 Å². The zero-order valence-corrected chi connectivity index (χ0v) is 15.7. The van der Waals surface area contributed by atoms with Crippen LogP contribution in [0, 0.1) is 5.82 Å². The van der Waals surface area contributed by atoms with E-state index in [0.717, 1.165) is 12.8 Å². The molecule has 3 aromatic rings. The highest BCUT2D eigenvalue weighted by Gasteiger charge is 2.32. The summed E-state index contributed by atoms with van der Waals surface area (Å²) in [4.78, 5) is 31.7. The van der Waals surface area contributed by atoms with Gasteiger partial charge in [-0.3, -0.25) is 9.36 Å². The number of aromatic nitrogens is 2. The van der Waals surface area contributed by atoms with Crippen molar-refractivity contribution in [2.75, 3.05) is 13.1 Å². The van der Waals surface area contributed by atoms with E-state index in [-0.39, 0.29) is 17.4 Å². The normalized spacial score (nSPS) is 14.6. The summed E-state index contributed by atoms with van der Waals surface area (Å²) in [6.07, 6.45) is 3.67. The van der Waals surface area contributed by atoms with Crippen LogP contribution in [0.4, 0.5) is 4.39 Å². The van der Waals surface area contributed by atoms with E-state index < -0.39 is 12.1 Å². The summed E-state index contributed by atoms with van der Waals surface area (Å²) < 4.78 is 20.4. The zero-order valence-electron chi connectivity index (χ0n) is 15.7. The maximum atomic E-state index is 13.2. The molecule has 2 heterocycles. The van der Waals surface area contributed by atoms with Crippen LogP contribution in [0.25, 0.3) is 5.69 Å². The van der Waals surface area contributed by atoms with Crippen LogP contribution >= 0.6 is 0 Å². The first-order chi connectivity index (χ1) is 14.1. The minimum Gasteiger partial charge on any atom is -0.443 e. The molecule has 2 aromatic carbocycles. The first-order valence-corrected chi connectivity index (χ1v) is 9.46. The fraction of sp³-hybridized carbons (Fsp3) is 0.227. The van der Waals surface area contributed by atoms with E-state index >= 15 is 0 Å². The Morgan fingerprint density at radius 1 is 1.00 bits per heavy atom. The van der Waals surface area contributed by atoms with Gasteiger partial charge < -0.3 is 9.64 Å². The van der Waals surface area contributed by atoms with E-state index in [1.54, 1.807) is 29.2 Å². The second-order valence-corrected chi connectivity index (χ2v) is 6.85. The molecule has 1 aliphatic rings. The van der Waals surface area contributed by atoms with Gasteiger partial charge in [0.1, 0.15) is 5.82 Å². The molecule has 1 saturated heterocycles. The number of likely N-dealkylation sites (tertiary alicyclic amines) is 1. The lowest BCUT2D eigenvalue weighted by Gasteiger charge is -2.23. The summed E-state index contributed by atoms with van der Waals surface area (Å²) >= 11 is 0. The molecule has 0 aliphatic carbocycles. The first-order valence-electron chi connectivity index (χ1n) is 9.46. The molecule has 0 radical (unpaired) electrons. The van der Waals surface area contributed by atoms with Gasteiger partial charge in [0.25, 0.3) is 5.91 Å². The number of imidazole rings is 1. The molecule has 0 bridgehead atoms. The van der Waals surface area contributed by atoms with Crippen molar-refractivity contribution in [3.05, 3.63) is 84.2 Å². The van der Waals surface area contributed by atoms with Gasteiger partial charge in [-0.25, -0.2) is 14.2 Å². The number of carbonyl (C=O) groups excluding carboxylic acids is 2. The molecule has 1 aromatic heterocycles. The second-order valence-electron chi connectivity index (χ2n) is 6.85. The average Bonchev–Trinajstić information content (AvgIpc) is 3.45. The SMILES string of the molecule is O=C(O[C@H](C(=O)N1CCCC1)c1ccccc1)c1cncn1-c1ccc(F)cc1. The van der Waals surface area contributed by atoms with Gasteiger partial charge in [-0.15, -0.1) is 0 Å². The highest BCUT2D eigenvalue weighted by molar-refractivity contribution is 5.92. The topological polar surface area (TPSA) is 64.4 Å². The lowest BCUT2D eigenvalue weighted by molar-refractivity contribution is -0.140.